The van der Waals surface area contributed by atoms with Crippen molar-refractivity contribution in [3.05, 3.63) is 82.3 Å². The molecular formula is C20H18ClN3O5S. The van der Waals surface area contributed by atoms with E-state index < -0.39 is 21.8 Å². The van der Waals surface area contributed by atoms with Crippen LogP contribution in [0.5, 0.6) is 0 Å². The Morgan fingerprint density at radius 3 is 2.07 bits per heavy atom. The SMILES string of the molecule is Cc1cc(C(=O)NNC(=O)c2ccc(S(=O)(=O)Nc3ccc(Cl)cc3)cc2)c(C)o1. The van der Waals surface area contributed by atoms with Crippen LogP contribution in [0.2, 0.25) is 5.02 Å². The van der Waals surface area contributed by atoms with Crippen molar-refractivity contribution in [1.82, 2.24) is 10.9 Å². The van der Waals surface area contributed by atoms with Crippen molar-refractivity contribution >= 4 is 39.1 Å². The molecule has 8 nitrogen and oxygen atoms in total. The van der Waals surface area contributed by atoms with E-state index in [9.17, 15) is 18.0 Å². The van der Waals surface area contributed by atoms with E-state index in [-0.39, 0.29) is 10.5 Å². The largest absolute Gasteiger partial charge is 0.466 e. The molecule has 0 aliphatic carbocycles. The summed E-state index contributed by atoms with van der Waals surface area (Å²) in [5.41, 5.74) is 5.40. The summed E-state index contributed by atoms with van der Waals surface area (Å²) >= 11 is 5.79. The molecule has 10 heteroatoms. The average Bonchev–Trinajstić information content (AvgIpc) is 3.05. The first kappa shape index (κ1) is 21.4. The normalized spacial score (nSPS) is 11.0. The molecule has 3 rings (SSSR count). The van der Waals surface area contributed by atoms with Gasteiger partial charge in [0.1, 0.15) is 11.5 Å². The number of halogens is 1. The number of hydrogen-bond donors (Lipinski definition) is 3. The minimum atomic E-state index is -3.84. The smallest absolute Gasteiger partial charge is 0.273 e. The fourth-order valence-electron chi connectivity index (χ4n) is 2.63. The van der Waals surface area contributed by atoms with E-state index in [1.54, 1.807) is 32.0 Å². The van der Waals surface area contributed by atoms with Crippen LogP contribution in [0.1, 0.15) is 32.2 Å². The molecule has 0 saturated heterocycles. The highest BCUT2D eigenvalue weighted by atomic mass is 35.5. The fraction of sp³-hybridized carbons (Fsp3) is 0.100. The summed E-state index contributed by atoms with van der Waals surface area (Å²) in [7, 11) is -3.84. The summed E-state index contributed by atoms with van der Waals surface area (Å²) in [5.74, 6) is -0.116. The quantitative estimate of drug-likeness (QED) is 0.518. The molecule has 0 radical (unpaired) electrons. The molecule has 2 amide bonds. The summed E-state index contributed by atoms with van der Waals surface area (Å²) in [6.45, 7) is 3.35. The third-order valence-corrected chi connectivity index (χ3v) is 5.75. The van der Waals surface area contributed by atoms with E-state index in [1.807, 2.05) is 0 Å². The zero-order valence-electron chi connectivity index (χ0n) is 16.0. The summed E-state index contributed by atoms with van der Waals surface area (Å²) in [6.07, 6.45) is 0. The summed E-state index contributed by atoms with van der Waals surface area (Å²) in [5, 5.41) is 0.485. The zero-order valence-corrected chi connectivity index (χ0v) is 17.6. The number of rotatable bonds is 5. The van der Waals surface area contributed by atoms with Crippen LogP contribution >= 0.6 is 11.6 Å². The zero-order chi connectivity index (χ0) is 21.9. The molecule has 0 aliphatic heterocycles. The number of nitrogens with one attached hydrogen (secondary N) is 3. The minimum absolute atomic E-state index is 0.0254. The van der Waals surface area contributed by atoms with Gasteiger partial charge in [0.05, 0.1) is 10.5 Å². The van der Waals surface area contributed by atoms with Gasteiger partial charge in [-0.25, -0.2) is 8.42 Å². The first-order valence-corrected chi connectivity index (χ1v) is 10.6. The van der Waals surface area contributed by atoms with Gasteiger partial charge in [-0.3, -0.25) is 25.2 Å². The third kappa shape index (κ3) is 5.00. The maximum atomic E-state index is 12.5. The van der Waals surface area contributed by atoms with Crippen LogP contribution in [0.15, 0.2) is 63.9 Å². The predicted molar refractivity (Wildman–Crippen MR) is 112 cm³/mol. The number of hydrazine groups is 1. The Balaban J connectivity index is 1.64. The Bertz CT molecular complexity index is 1190. The van der Waals surface area contributed by atoms with Gasteiger partial charge in [-0.2, -0.15) is 0 Å². The van der Waals surface area contributed by atoms with Crippen LogP contribution < -0.4 is 15.6 Å². The number of aryl methyl sites for hydroxylation is 2. The van der Waals surface area contributed by atoms with Crippen molar-refractivity contribution in [2.75, 3.05) is 4.72 Å². The van der Waals surface area contributed by atoms with Gasteiger partial charge in [-0.05, 0) is 68.4 Å². The highest BCUT2D eigenvalue weighted by Gasteiger charge is 2.17. The summed E-state index contributed by atoms with van der Waals surface area (Å²) < 4.78 is 32.6. The molecule has 3 aromatic rings. The number of carbonyl (C=O) groups excluding carboxylic acids is 2. The topological polar surface area (TPSA) is 118 Å². The molecule has 0 atom stereocenters. The van der Waals surface area contributed by atoms with Gasteiger partial charge in [-0.1, -0.05) is 11.6 Å². The molecule has 3 N–H and O–H groups in total. The molecule has 30 heavy (non-hydrogen) atoms. The summed E-state index contributed by atoms with van der Waals surface area (Å²) in [6, 6.07) is 13.0. The second-order valence-electron chi connectivity index (χ2n) is 6.37. The van der Waals surface area contributed by atoms with Crippen LogP contribution in [0.4, 0.5) is 5.69 Å². The Morgan fingerprint density at radius 1 is 0.900 bits per heavy atom. The third-order valence-electron chi connectivity index (χ3n) is 4.10. The van der Waals surface area contributed by atoms with E-state index >= 15 is 0 Å². The van der Waals surface area contributed by atoms with Gasteiger partial charge in [0.25, 0.3) is 21.8 Å². The monoisotopic (exact) mass is 447 g/mol. The molecule has 1 heterocycles. The second-order valence-corrected chi connectivity index (χ2v) is 8.49. The molecule has 0 bridgehead atoms. The van der Waals surface area contributed by atoms with Gasteiger partial charge in [0, 0.05) is 16.3 Å². The molecule has 0 spiro atoms. The number of benzene rings is 2. The Kier molecular flexibility index (Phi) is 6.14. The Hall–Kier alpha value is -3.30. The minimum Gasteiger partial charge on any atom is -0.466 e. The number of carbonyl (C=O) groups is 2. The van der Waals surface area contributed by atoms with E-state index in [0.29, 0.717) is 27.8 Å². The Morgan fingerprint density at radius 2 is 1.50 bits per heavy atom. The lowest BCUT2D eigenvalue weighted by atomic mass is 10.2. The molecule has 0 fully saturated rings. The highest BCUT2D eigenvalue weighted by Crippen LogP contribution is 2.19. The average molecular weight is 448 g/mol. The predicted octanol–water partition coefficient (Wildman–Crippen LogP) is 3.43. The molecule has 0 aliphatic rings. The van der Waals surface area contributed by atoms with E-state index in [1.165, 1.54) is 36.4 Å². The highest BCUT2D eigenvalue weighted by molar-refractivity contribution is 7.92. The van der Waals surface area contributed by atoms with Crippen LogP contribution in [0.3, 0.4) is 0 Å². The van der Waals surface area contributed by atoms with Crippen LogP contribution in [0.25, 0.3) is 0 Å². The standard InChI is InChI=1S/C20H18ClN3O5S/c1-12-11-18(13(2)29-12)20(26)23-22-19(25)14-3-9-17(10-4-14)30(27,28)24-16-7-5-15(21)6-8-16/h3-11,24H,1-2H3,(H,22,25)(H,23,26). The van der Waals surface area contributed by atoms with E-state index in [2.05, 4.69) is 15.6 Å². The van der Waals surface area contributed by atoms with Crippen molar-refractivity contribution in [2.45, 2.75) is 18.7 Å². The first-order valence-electron chi connectivity index (χ1n) is 8.72. The van der Waals surface area contributed by atoms with Crippen molar-refractivity contribution in [2.24, 2.45) is 0 Å². The van der Waals surface area contributed by atoms with Crippen molar-refractivity contribution in [3.63, 3.8) is 0 Å². The van der Waals surface area contributed by atoms with Crippen LogP contribution in [-0.2, 0) is 10.0 Å². The number of hydrogen-bond acceptors (Lipinski definition) is 5. The van der Waals surface area contributed by atoms with E-state index in [4.69, 9.17) is 16.0 Å². The fourth-order valence-corrected chi connectivity index (χ4v) is 3.81. The molecule has 0 saturated carbocycles. The molecule has 1 aromatic heterocycles. The van der Waals surface area contributed by atoms with E-state index in [0.717, 1.165) is 0 Å². The maximum Gasteiger partial charge on any atom is 0.273 e. The number of sulfonamides is 1. The number of amides is 2. The maximum absolute atomic E-state index is 12.5. The number of anilines is 1. The molecule has 2 aromatic carbocycles. The number of furan rings is 1. The van der Waals surface area contributed by atoms with Gasteiger partial charge in [-0.15, -0.1) is 0 Å². The van der Waals surface area contributed by atoms with Gasteiger partial charge in [0.2, 0.25) is 0 Å². The lowest BCUT2D eigenvalue weighted by Gasteiger charge is -2.10. The van der Waals surface area contributed by atoms with Gasteiger partial charge >= 0.3 is 0 Å². The van der Waals surface area contributed by atoms with Crippen LogP contribution in [0, 0.1) is 13.8 Å². The molecule has 0 unspecified atom stereocenters. The first-order chi connectivity index (χ1) is 14.2. The molecular weight excluding hydrogens is 430 g/mol. The van der Waals surface area contributed by atoms with Crippen molar-refractivity contribution < 1.29 is 22.4 Å². The second kappa shape index (κ2) is 8.60. The summed E-state index contributed by atoms with van der Waals surface area (Å²) in [4.78, 5) is 24.3. The van der Waals surface area contributed by atoms with Gasteiger partial charge < -0.3 is 4.42 Å². The Labute approximate surface area is 178 Å². The van der Waals surface area contributed by atoms with Gasteiger partial charge in [0.15, 0.2) is 0 Å². The molecule has 156 valence electrons. The van der Waals surface area contributed by atoms with Crippen molar-refractivity contribution in [1.29, 1.82) is 0 Å². The lowest BCUT2D eigenvalue weighted by molar-refractivity contribution is 0.0845. The van der Waals surface area contributed by atoms with Crippen LogP contribution in [-0.4, -0.2) is 20.2 Å². The lowest BCUT2D eigenvalue weighted by Crippen LogP contribution is -2.41. The van der Waals surface area contributed by atoms with Crippen molar-refractivity contribution in [3.8, 4) is 0 Å².